The van der Waals surface area contributed by atoms with E-state index in [-0.39, 0.29) is 11.3 Å². The molecule has 188 valence electrons. The van der Waals surface area contributed by atoms with Crippen molar-refractivity contribution in [3.05, 3.63) is 151 Å². The molecule has 40 heavy (non-hydrogen) atoms. The Kier molecular flexibility index (Phi) is 2.70. The molecule has 8 aromatic rings. The molecular weight excluding hydrogens is 486 g/mol. The van der Waals surface area contributed by atoms with Gasteiger partial charge in [0.15, 0.2) is 0 Å². The van der Waals surface area contributed by atoms with Crippen molar-refractivity contribution in [1.82, 2.24) is 0 Å². The zero-order chi connectivity index (χ0) is 40.4. The van der Waals surface area contributed by atoms with Crippen molar-refractivity contribution in [3.63, 3.8) is 0 Å². The number of rotatable bonds is 4. The Labute approximate surface area is 254 Å². The lowest BCUT2D eigenvalue weighted by atomic mass is 10.0. The predicted molar refractivity (Wildman–Crippen MR) is 169 cm³/mol. The maximum atomic E-state index is 9.43. The van der Waals surface area contributed by atoms with E-state index in [2.05, 4.69) is 0 Å². The van der Waals surface area contributed by atoms with Crippen LogP contribution in [0.5, 0.6) is 0 Å². The monoisotopic (exact) mass is 527 g/mol. The number of fused-ring (bicyclic) bond motifs is 6. The average Bonchev–Trinajstić information content (AvgIpc) is 3.59. The van der Waals surface area contributed by atoms with Crippen LogP contribution in [-0.4, -0.2) is 0 Å². The Balaban J connectivity index is 1.60. The number of nitrogens with zero attached hydrogens (tertiary/aromatic N) is 1. The Hall–Kier alpha value is -5.34. The molecule has 0 saturated carbocycles. The highest BCUT2D eigenvalue weighted by molar-refractivity contribution is 6.20. The van der Waals surface area contributed by atoms with E-state index in [1.807, 2.05) is 30.3 Å². The third kappa shape index (κ3) is 3.58. The van der Waals surface area contributed by atoms with Crippen LogP contribution in [0.25, 0.3) is 54.6 Å². The highest BCUT2D eigenvalue weighted by Crippen LogP contribution is 2.46. The molecule has 0 amide bonds. The first kappa shape index (κ1) is 11.8. The van der Waals surface area contributed by atoms with Crippen molar-refractivity contribution in [2.24, 2.45) is 0 Å². The molecule has 2 heteroatoms. The zero-order valence-corrected chi connectivity index (χ0v) is 20.6. The minimum absolute atomic E-state index is 0.0623. The van der Waals surface area contributed by atoms with Gasteiger partial charge in [0, 0.05) is 21.8 Å². The van der Waals surface area contributed by atoms with E-state index in [0.717, 1.165) is 15.7 Å². The van der Waals surface area contributed by atoms with Gasteiger partial charge in [-0.05, 0) is 58.2 Å². The number of benzene rings is 7. The third-order valence-corrected chi connectivity index (χ3v) is 6.71. The highest BCUT2D eigenvalue weighted by atomic mass is 16.3. The Morgan fingerprint density at radius 1 is 0.500 bits per heavy atom. The first-order valence-electron chi connectivity index (χ1n) is 20.3. The maximum Gasteiger partial charge on any atom is 0.143 e. The van der Waals surface area contributed by atoms with Crippen LogP contribution in [0.1, 0.15) is 21.9 Å². The molecular formula is C38H25NO. The van der Waals surface area contributed by atoms with Gasteiger partial charge in [0.25, 0.3) is 0 Å². The van der Waals surface area contributed by atoms with Crippen LogP contribution in [0.15, 0.2) is 156 Å². The SMILES string of the molecule is [2H]c1c([2H])c([2H])c(-c2c([2H])c([2H])c(N(c3c([2H])c([2H])c([2H])c4c([2H])c([2H])c([2H])c([2H])c34)c3cccc4oc5c6ccccc6ccc5c34)c([2H])c2[2H])c([2H])c1[2H]. The van der Waals surface area contributed by atoms with Gasteiger partial charge in [0.2, 0.25) is 0 Å². The second-order valence-electron chi connectivity index (χ2n) is 8.95. The molecule has 0 aliphatic heterocycles. The molecule has 0 N–H and O–H groups in total. The number of hydrogen-bond donors (Lipinski definition) is 0. The van der Waals surface area contributed by atoms with Crippen LogP contribution in [0.4, 0.5) is 17.1 Å². The normalized spacial score (nSPS) is 17.1. The molecule has 0 atom stereocenters. The van der Waals surface area contributed by atoms with Crippen molar-refractivity contribution >= 4 is 60.5 Å². The van der Waals surface area contributed by atoms with Crippen molar-refractivity contribution in [3.8, 4) is 11.1 Å². The zero-order valence-electron chi connectivity index (χ0n) is 36.6. The van der Waals surface area contributed by atoms with Gasteiger partial charge in [-0.1, -0.05) is 115 Å². The molecule has 1 heterocycles. The molecule has 1 aromatic heterocycles. The summed E-state index contributed by atoms with van der Waals surface area (Å²) in [5.41, 5.74) is -1.39. The summed E-state index contributed by atoms with van der Waals surface area (Å²) in [5, 5.41) is 1.63. The van der Waals surface area contributed by atoms with Gasteiger partial charge in [-0.15, -0.1) is 0 Å². The maximum absolute atomic E-state index is 9.43. The van der Waals surface area contributed by atoms with Crippen molar-refractivity contribution in [2.75, 3.05) is 4.90 Å². The lowest BCUT2D eigenvalue weighted by Crippen LogP contribution is -2.10. The fourth-order valence-electron chi connectivity index (χ4n) is 4.96. The molecule has 2 nitrogen and oxygen atoms in total. The summed E-state index contributed by atoms with van der Waals surface area (Å²) in [6.45, 7) is 0. The van der Waals surface area contributed by atoms with Crippen molar-refractivity contribution in [1.29, 1.82) is 0 Å². The summed E-state index contributed by atoms with van der Waals surface area (Å²) < 4.78 is 147. The van der Waals surface area contributed by atoms with E-state index < -0.39 is 130 Å². The second-order valence-corrected chi connectivity index (χ2v) is 8.95. The van der Waals surface area contributed by atoms with E-state index in [1.165, 1.54) is 6.07 Å². The summed E-state index contributed by atoms with van der Waals surface area (Å²) in [5.74, 6) is 0. The fraction of sp³-hybridized carbons (Fsp3) is 0. The summed E-state index contributed by atoms with van der Waals surface area (Å²) in [4.78, 5) is 1.10. The summed E-state index contributed by atoms with van der Waals surface area (Å²) >= 11 is 0. The van der Waals surface area contributed by atoms with E-state index in [9.17, 15) is 6.85 Å². The molecule has 0 saturated heterocycles. The van der Waals surface area contributed by atoms with Crippen LogP contribution in [0.3, 0.4) is 0 Å². The Bertz CT molecular complexity index is 3000. The van der Waals surface area contributed by atoms with Crippen LogP contribution >= 0.6 is 0 Å². The minimum Gasteiger partial charge on any atom is -0.455 e. The van der Waals surface area contributed by atoms with E-state index in [1.54, 1.807) is 18.2 Å². The molecule has 0 unspecified atom stereocenters. The molecule has 0 aliphatic carbocycles. The molecule has 0 bridgehead atoms. The largest absolute Gasteiger partial charge is 0.455 e. The Morgan fingerprint density at radius 2 is 1.27 bits per heavy atom. The van der Waals surface area contributed by atoms with E-state index >= 15 is 0 Å². The van der Waals surface area contributed by atoms with Gasteiger partial charge in [0.1, 0.15) is 11.2 Å². The van der Waals surface area contributed by atoms with Gasteiger partial charge >= 0.3 is 0 Å². The summed E-state index contributed by atoms with van der Waals surface area (Å²) in [6.07, 6.45) is 0. The van der Waals surface area contributed by atoms with Gasteiger partial charge < -0.3 is 9.32 Å². The highest BCUT2D eigenvalue weighted by Gasteiger charge is 2.21. The number of anilines is 3. The van der Waals surface area contributed by atoms with Gasteiger partial charge in [-0.25, -0.2) is 0 Å². The topological polar surface area (TPSA) is 16.4 Å². The summed E-state index contributed by atoms with van der Waals surface area (Å²) in [7, 11) is 0. The van der Waals surface area contributed by atoms with Crippen molar-refractivity contribution < 1.29 is 26.3 Å². The van der Waals surface area contributed by atoms with E-state index in [4.69, 9.17) is 19.5 Å². The quantitative estimate of drug-likeness (QED) is 0.226. The summed E-state index contributed by atoms with van der Waals surface area (Å²) in [6, 6.07) is 3.84. The lowest BCUT2D eigenvalue weighted by molar-refractivity contribution is 0.672. The van der Waals surface area contributed by atoms with Gasteiger partial charge in [0.05, 0.1) is 38.7 Å². The number of furan rings is 1. The third-order valence-electron chi connectivity index (χ3n) is 6.71. The van der Waals surface area contributed by atoms with Crippen molar-refractivity contribution in [2.45, 2.75) is 0 Å². The second kappa shape index (κ2) is 9.14. The molecule has 0 aliphatic rings. The van der Waals surface area contributed by atoms with Crippen LogP contribution in [-0.2, 0) is 0 Å². The molecule has 0 fully saturated rings. The first-order valence-corrected chi connectivity index (χ1v) is 12.3. The fourth-order valence-corrected chi connectivity index (χ4v) is 4.96. The van der Waals surface area contributed by atoms with Gasteiger partial charge in [-0.3, -0.25) is 0 Å². The molecule has 7 aromatic carbocycles. The van der Waals surface area contributed by atoms with E-state index in [0.29, 0.717) is 16.4 Å². The molecule has 0 spiro atoms. The standard InChI is InChI=1S/C38H25NO/c1-2-10-26(11-3-1)27-20-23-30(24-21-27)39(34-17-8-14-28-12-4-6-15-31(28)34)35-18-9-19-36-37(35)33-25-22-29-13-5-7-16-32(29)38(33)40-36/h1-25H/i1D,2D,3D,4D,6D,8D,10D,11D,12D,14D,15D,17D,20D,21D,23D,24D. The lowest BCUT2D eigenvalue weighted by Gasteiger charge is -2.27. The van der Waals surface area contributed by atoms with Gasteiger partial charge in [-0.2, -0.15) is 0 Å². The van der Waals surface area contributed by atoms with Crippen LogP contribution in [0.2, 0.25) is 0 Å². The predicted octanol–water partition coefficient (Wildman–Crippen LogP) is 11.0. The average molecular weight is 528 g/mol. The molecule has 0 radical (unpaired) electrons. The number of hydrogen-bond acceptors (Lipinski definition) is 2. The Morgan fingerprint density at radius 3 is 2.17 bits per heavy atom. The molecule has 8 rings (SSSR count). The van der Waals surface area contributed by atoms with Crippen LogP contribution in [0, 0.1) is 0 Å². The smallest absolute Gasteiger partial charge is 0.143 e. The first-order chi connectivity index (χ1) is 26.5. The minimum atomic E-state index is -0.819. The van der Waals surface area contributed by atoms with Crippen LogP contribution < -0.4 is 4.90 Å².